The maximum Gasteiger partial charge on any atom is 0.327 e. The van der Waals surface area contributed by atoms with Crippen molar-refractivity contribution in [2.24, 2.45) is 0 Å². The summed E-state index contributed by atoms with van der Waals surface area (Å²) in [4.78, 5) is 11.4. The van der Waals surface area contributed by atoms with Gasteiger partial charge in [0.2, 0.25) is 0 Å². The summed E-state index contributed by atoms with van der Waals surface area (Å²) in [6.45, 7) is 0.622. The summed E-state index contributed by atoms with van der Waals surface area (Å²) in [5.41, 5.74) is 0.431. The van der Waals surface area contributed by atoms with Crippen LogP contribution in [0, 0.1) is 0 Å². The van der Waals surface area contributed by atoms with E-state index in [0.29, 0.717) is 18.7 Å². The second-order valence-corrected chi connectivity index (χ2v) is 5.26. The van der Waals surface area contributed by atoms with Gasteiger partial charge in [-0.1, -0.05) is 24.5 Å². The lowest BCUT2D eigenvalue weighted by Gasteiger charge is -2.25. The first-order chi connectivity index (χ1) is 9.70. The van der Waals surface area contributed by atoms with Crippen LogP contribution < -0.4 is 5.32 Å². The van der Waals surface area contributed by atoms with Crippen molar-refractivity contribution in [3.05, 3.63) is 11.9 Å². The lowest BCUT2D eigenvalue weighted by molar-refractivity contribution is -0.140. The standard InChI is InChI=1S/C13H22N4O3/c18-8-4-7-17-9-11(15-16-17)12(13(19)20)14-10-5-2-1-3-6-10/h9-10,12,14,18H,1-8H2,(H,19,20). The Bertz CT molecular complexity index is 429. The van der Waals surface area contributed by atoms with E-state index in [1.807, 2.05) is 0 Å². The summed E-state index contributed by atoms with van der Waals surface area (Å²) in [5, 5.41) is 29.2. The molecule has 1 atom stereocenters. The van der Waals surface area contributed by atoms with E-state index in [1.54, 1.807) is 10.9 Å². The van der Waals surface area contributed by atoms with Gasteiger partial charge in [-0.25, -0.2) is 0 Å². The number of aryl methyl sites for hydroxylation is 1. The number of aromatic nitrogens is 3. The minimum atomic E-state index is -0.926. The smallest absolute Gasteiger partial charge is 0.327 e. The molecule has 0 aromatic carbocycles. The summed E-state index contributed by atoms with van der Waals surface area (Å²) in [6, 6.07) is -0.562. The molecule has 1 aliphatic carbocycles. The first-order valence-electron chi connectivity index (χ1n) is 7.20. The summed E-state index contributed by atoms with van der Waals surface area (Å²) < 4.78 is 1.57. The molecule has 1 heterocycles. The Kier molecular flexibility index (Phi) is 5.49. The Labute approximate surface area is 118 Å². The van der Waals surface area contributed by atoms with Crippen molar-refractivity contribution in [1.82, 2.24) is 20.3 Å². The van der Waals surface area contributed by atoms with Crippen molar-refractivity contribution < 1.29 is 15.0 Å². The number of carboxylic acids is 1. The van der Waals surface area contributed by atoms with E-state index in [-0.39, 0.29) is 12.6 Å². The maximum atomic E-state index is 11.4. The van der Waals surface area contributed by atoms with E-state index in [1.165, 1.54) is 6.42 Å². The fraction of sp³-hybridized carbons (Fsp3) is 0.769. The Hall–Kier alpha value is -1.47. The van der Waals surface area contributed by atoms with Crippen LogP contribution >= 0.6 is 0 Å². The van der Waals surface area contributed by atoms with Gasteiger partial charge in [-0.05, 0) is 19.3 Å². The van der Waals surface area contributed by atoms with Crippen molar-refractivity contribution in [3.63, 3.8) is 0 Å². The number of nitrogens with one attached hydrogen (secondary N) is 1. The number of carboxylic acid groups (broad SMARTS) is 1. The molecule has 1 aromatic heterocycles. The predicted octanol–water partition coefficient (Wildman–Crippen LogP) is 0.708. The molecule has 0 amide bonds. The Balaban J connectivity index is 1.99. The highest BCUT2D eigenvalue weighted by Crippen LogP contribution is 2.21. The number of aliphatic hydroxyl groups excluding tert-OH is 1. The monoisotopic (exact) mass is 282 g/mol. The summed E-state index contributed by atoms with van der Waals surface area (Å²) in [5.74, 6) is -0.926. The van der Waals surface area contributed by atoms with Crippen molar-refractivity contribution >= 4 is 5.97 Å². The van der Waals surface area contributed by atoms with Gasteiger partial charge in [-0.15, -0.1) is 5.10 Å². The number of rotatable bonds is 7. The molecule has 0 aliphatic heterocycles. The number of hydrogen-bond donors (Lipinski definition) is 3. The SMILES string of the molecule is O=C(O)C(NC1CCCCC1)c1cn(CCCO)nn1. The Morgan fingerprint density at radius 2 is 2.20 bits per heavy atom. The molecule has 112 valence electrons. The van der Waals surface area contributed by atoms with Gasteiger partial charge >= 0.3 is 5.97 Å². The van der Waals surface area contributed by atoms with E-state index >= 15 is 0 Å². The fourth-order valence-electron chi connectivity index (χ4n) is 2.58. The maximum absolute atomic E-state index is 11.4. The largest absolute Gasteiger partial charge is 0.480 e. The molecule has 1 unspecified atom stereocenters. The lowest BCUT2D eigenvalue weighted by Crippen LogP contribution is -2.38. The zero-order chi connectivity index (χ0) is 14.4. The van der Waals surface area contributed by atoms with Crippen LogP contribution in [0.15, 0.2) is 6.20 Å². The number of aliphatic carboxylic acids is 1. The van der Waals surface area contributed by atoms with Gasteiger partial charge < -0.3 is 10.2 Å². The Morgan fingerprint density at radius 3 is 2.85 bits per heavy atom. The van der Waals surface area contributed by atoms with E-state index in [2.05, 4.69) is 15.6 Å². The highest BCUT2D eigenvalue weighted by atomic mass is 16.4. The third-order valence-electron chi connectivity index (χ3n) is 3.65. The van der Waals surface area contributed by atoms with Crippen LogP contribution in [0.25, 0.3) is 0 Å². The quantitative estimate of drug-likeness (QED) is 0.681. The second-order valence-electron chi connectivity index (χ2n) is 5.26. The molecule has 0 radical (unpaired) electrons. The van der Waals surface area contributed by atoms with Gasteiger partial charge in [-0.3, -0.25) is 14.8 Å². The summed E-state index contributed by atoms with van der Waals surface area (Å²) in [6.07, 6.45) is 7.78. The van der Waals surface area contributed by atoms with Gasteiger partial charge in [-0.2, -0.15) is 0 Å². The third kappa shape index (κ3) is 4.01. The number of aliphatic hydroxyl groups is 1. The van der Waals surface area contributed by atoms with Crippen molar-refractivity contribution in [2.75, 3.05) is 6.61 Å². The number of hydrogen-bond acceptors (Lipinski definition) is 5. The topological polar surface area (TPSA) is 100 Å². The van der Waals surface area contributed by atoms with Crippen LogP contribution in [0.5, 0.6) is 0 Å². The van der Waals surface area contributed by atoms with Gasteiger partial charge in [0.15, 0.2) is 6.04 Å². The molecule has 3 N–H and O–H groups in total. The molecule has 1 fully saturated rings. The minimum Gasteiger partial charge on any atom is -0.480 e. The highest BCUT2D eigenvalue weighted by Gasteiger charge is 2.26. The molecule has 20 heavy (non-hydrogen) atoms. The Morgan fingerprint density at radius 1 is 1.45 bits per heavy atom. The van der Waals surface area contributed by atoms with E-state index in [4.69, 9.17) is 5.11 Å². The first-order valence-corrected chi connectivity index (χ1v) is 7.20. The van der Waals surface area contributed by atoms with Gasteiger partial charge in [0.25, 0.3) is 0 Å². The van der Waals surface area contributed by atoms with Crippen LogP contribution in [0.2, 0.25) is 0 Å². The summed E-state index contributed by atoms with van der Waals surface area (Å²) in [7, 11) is 0. The fourth-order valence-corrected chi connectivity index (χ4v) is 2.58. The van der Waals surface area contributed by atoms with Crippen LogP contribution in [0.1, 0.15) is 50.3 Å². The van der Waals surface area contributed by atoms with E-state index in [9.17, 15) is 9.90 Å². The molecule has 0 saturated heterocycles. The van der Waals surface area contributed by atoms with Crippen molar-refractivity contribution in [3.8, 4) is 0 Å². The summed E-state index contributed by atoms with van der Waals surface area (Å²) >= 11 is 0. The average Bonchev–Trinajstić information content (AvgIpc) is 2.92. The molecular formula is C13H22N4O3. The molecular weight excluding hydrogens is 260 g/mol. The normalized spacial score (nSPS) is 18.1. The minimum absolute atomic E-state index is 0.0812. The van der Waals surface area contributed by atoms with Crippen LogP contribution in [-0.4, -0.2) is 43.8 Å². The van der Waals surface area contributed by atoms with Gasteiger partial charge in [0.1, 0.15) is 5.69 Å². The number of nitrogens with zero attached hydrogens (tertiary/aromatic N) is 3. The predicted molar refractivity (Wildman–Crippen MR) is 72.1 cm³/mol. The second kappa shape index (κ2) is 7.35. The van der Waals surface area contributed by atoms with Gasteiger partial charge in [0.05, 0.1) is 6.20 Å². The van der Waals surface area contributed by atoms with E-state index in [0.717, 1.165) is 25.7 Å². The lowest BCUT2D eigenvalue weighted by atomic mass is 9.94. The highest BCUT2D eigenvalue weighted by molar-refractivity contribution is 5.74. The molecule has 2 rings (SSSR count). The molecule has 0 spiro atoms. The zero-order valence-corrected chi connectivity index (χ0v) is 11.5. The first kappa shape index (κ1) is 14.9. The molecule has 1 saturated carbocycles. The molecule has 7 heteroatoms. The average molecular weight is 282 g/mol. The van der Waals surface area contributed by atoms with Crippen LogP contribution in [-0.2, 0) is 11.3 Å². The van der Waals surface area contributed by atoms with Crippen molar-refractivity contribution in [1.29, 1.82) is 0 Å². The van der Waals surface area contributed by atoms with Crippen LogP contribution in [0.3, 0.4) is 0 Å². The van der Waals surface area contributed by atoms with Crippen LogP contribution in [0.4, 0.5) is 0 Å². The molecule has 1 aromatic rings. The third-order valence-corrected chi connectivity index (χ3v) is 3.65. The molecule has 7 nitrogen and oxygen atoms in total. The van der Waals surface area contributed by atoms with E-state index < -0.39 is 12.0 Å². The van der Waals surface area contributed by atoms with Crippen molar-refractivity contribution in [2.45, 2.75) is 57.2 Å². The zero-order valence-electron chi connectivity index (χ0n) is 11.5. The van der Waals surface area contributed by atoms with Gasteiger partial charge in [0, 0.05) is 19.2 Å². The molecule has 0 bridgehead atoms. The number of carbonyl (C=O) groups is 1. The molecule has 1 aliphatic rings.